The number of carbonyl (C=O) groups is 1. The van der Waals surface area contributed by atoms with E-state index in [0.717, 1.165) is 17.9 Å². The number of nitrogens with zero attached hydrogens (tertiary/aromatic N) is 3. The summed E-state index contributed by atoms with van der Waals surface area (Å²) < 4.78 is 6.89. The molecule has 22 heavy (non-hydrogen) atoms. The monoisotopic (exact) mass is 304 g/mol. The molecule has 0 unspecified atom stereocenters. The third kappa shape index (κ3) is 3.76. The van der Waals surface area contributed by atoms with Crippen LogP contribution in [0.4, 0.5) is 5.82 Å². The van der Waals surface area contributed by atoms with Gasteiger partial charge in [0.1, 0.15) is 5.82 Å². The van der Waals surface area contributed by atoms with Crippen molar-refractivity contribution >= 4 is 11.7 Å². The first-order valence-corrected chi connectivity index (χ1v) is 7.62. The van der Waals surface area contributed by atoms with E-state index in [0.29, 0.717) is 6.54 Å². The maximum atomic E-state index is 12.5. The van der Waals surface area contributed by atoms with Crippen LogP contribution in [0, 0.1) is 0 Å². The first kappa shape index (κ1) is 16.3. The zero-order valence-corrected chi connectivity index (χ0v) is 13.6. The van der Waals surface area contributed by atoms with Gasteiger partial charge in [0, 0.05) is 24.2 Å². The second-order valence-electron chi connectivity index (χ2n) is 5.61. The quantitative estimate of drug-likeness (QED) is 0.854. The Labute approximate surface area is 131 Å². The highest BCUT2D eigenvalue weighted by Gasteiger charge is 2.22. The molecule has 0 aliphatic rings. The van der Waals surface area contributed by atoms with Crippen LogP contribution in [0.1, 0.15) is 39.3 Å². The van der Waals surface area contributed by atoms with Gasteiger partial charge in [0.05, 0.1) is 24.8 Å². The minimum Gasteiger partial charge on any atom is -0.472 e. The molecule has 1 atom stereocenters. The van der Waals surface area contributed by atoms with Crippen molar-refractivity contribution in [3.63, 3.8) is 0 Å². The molecule has 0 saturated carbocycles. The highest BCUT2D eigenvalue weighted by atomic mass is 16.3. The summed E-state index contributed by atoms with van der Waals surface area (Å²) in [4.78, 5) is 14.6. The molecule has 0 aliphatic carbocycles. The van der Waals surface area contributed by atoms with Crippen LogP contribution >= 0.6 is 0 Å². The second kappa shape index (κ2) is 7.26. The Morgan fingerprint density at radius 1 is 1.41 bits per heavy atom. The maximum Gasteiger partial charge on any atom is 0.242 e. The molecule has 2 heterocycles. The molecular formula is C16H24N4O2. The molecule has 2 aromatic rings. The highest BCUT2D eigenvalue weighted by Crippen LogP contribution is 2.15. The van der Waals surface area contributed by atoms with E-state index in [2.05, 4.69) is 15.3 Å². The molecule has 6 heteroatoms. The predicted octanol–water partition coefficient (Wildman–Crippen LogP) is 2.91. The van der Waals surface area contributed by atoms with E-state index >= 15 is 0 Å². The molecule has 2 aromatic heterocycles. The highest BCUT2D eigenvalue weighted by molar-refractivity contribution is 5.93. The number of amides is 1. The minimum absolute atomic E-state index is 0.0345. The van der Waals surface area contributed by atoms with Crippen LogP contribution in [0.2, 0.25) is 0 Å². The number of anilines is 1. The third-order valence-electron chi connectivity index (χ3n) is 3.71. The van der Waals surface area contributed by atoms with Crippen molar-refractivity contribution in [2.45, 2.75) is 46.3 Å². The Bertz CT molecular complexity index is 589. The summed E-state index contributed by atoms with van der Waals surface area (Å²) in [5.41, 5.74) is 1.06. The minimum atomic E-state index is -0.240. The third-order valence-corrected chi connectivity index (χ3v) is 3.71. The number of likely N-dealkylation sites (N-methyl/N-ethyl adjacent to an activating group) is 1. The van der Waals surface area contributed by atoms with Gasteiger partial charge in [-0.25, -0.2) is 4.68 Å². The van der Waals surface area contributed by atoms with Crippen molar-refractivity contribution < 1.29 is 9.21 Å². The summed E-state index contributed by atoms with van der Waals surface area (Å²) in [5, 5.41) is 7.19. The zero-order valence-electron chi connectivity index (χ0n) is 13.6. The van der Waals surface area contributed by atoms with Crippen LogP contribution in [-0.4, -0.2) is 33.2 Å². The van der Waals surface area contributed by atoms with Gasteiger partial charge in [-0.1, -0.05) is 6.92 Å². The van der Waals surface area contributed by atoms with Crippen LogP contribution in [0.25, 0.3) is 0 Å². The number of furan rings is 1. The molecular weight excluding hydrogens is 280 g/mol. The number of hydrogen-bond donors (Lipinski definition) is 1. The van der Waals surface area contributed by atoms with Gasteiger partial charge >= 0.3 is 0 Å². The van der Waals surface area contributed by atoms with Gasteiger partial charge in [-0.3, -0.25) is 9.69 Å². The molecule has 0 bridgehead atoms. The molecule has 1 N–H and O–H groups in total. The Morgan fingerprint density at radius 3 is 2.77 bits per heavy atom. The molecule has 1 amide bonds. The number of aromatic nitrogens is 2. The molecule has 0 radical (unpaired) electrons. The zero-order chi connectivity index (χ0) is 16.1. The fraction of sp³-hybridized carbons (Fsp3) is 0.500. The number of rotatable bonds is 7. The van der Waals surface area contributed by atoms with Gasteiger partial charge in [0.25, 0.3) is 0 Å². The van der Waals surface area contributed by atoms with E-state index in [1.54, 1.807) is 23.4 Å². The molecule has 0 aliphatic heterocycles. The lowest BCUT2D eigenvalue weighted by Crippen LogP contribution is -2.41. The molecule has 0 saturated heterocycles. The molecule has 0 spiro atoms. The molecule has 120 valence electrons. The maximum absolute atomic E-state index is 12.5. The smallest absolute Gasteiger partial charge is 0.242 e. The van der Waals surface area contributed by atoms with Crippen molar-refractivity contribution in [3.8, 4) is 0 Å². The molecule has 0 fully saturated rings. The van der Waals surface area contributed by atoms with Crippen molar-refractivity contribution in [3.05, 3.63) is 36.4 Å². The van der Waals surface area contributed by atoms with Crippen LogP contribution in [0.5, 0.6) is 0 Å². The van der Waals surface area contributed by atoms with E-state index in [9.17, 15) is 4.79 Å². The van der Waals surface area contributed by atoms with Crippen molar-refractivity contribution in [1.82, 2.24) is 14.7 Å². The van der Waals surface area contributed by atoms with Gasteiger partial charge in [0.2, 0.25) is 5.91 Å². The van der Waals surface area contributed by atoms with Crippen LogP contribution in [0.15, 0.2) is 35.3 Å². The summed E-state index contributed by atoms with van der Waals surface area (Å²) in [6, 6.07) is 3.70. The normalized spacial score (nSPS) is 12.8. The van der Waals surface area contributed by atoms with E-state index < -0.39 is 0 Å². The standard InChI is InChI=1S/C16H24N4O2/c1-5-19(10-14-7-9-22-11-14)13(4)16(21)18-15-6-8-17-20(15)12(2)3/h6-9,11-13H,5,10H2,1-4H3,(H,18,21)/t13-/m0/s1. The second-order valence-corrected chi connectivity index (χ2v) is 5.61. The fourth-order valence-corrected chi connectivity index (χ4v) is 2.36. The largest absolute Gasteiger partial charge is 0.472 e. The van der Waals surface area contributed by atoms with Crippen molar-refractivity contribution in [1.29, 1.82) is 0 Å². The number of nitrogens with one attached hydrogen (secondary N) is 1. The topological polar surface area (TPSA) is 63.3 Å². The average molecular weight is 304 g/mol. The summed E-state index contributed by atoms with van der Waals surface area (Å²) in [5.74, 6) is 0.693. The van der Waals surface area contributed by atoms with Crippen molar-refractivity contribution in [2.75, 3.05) is 11.9 Å². The first-order valence-electron chi connectivity index (χ1n) is 7.62. The van der Waals surface area contributed by atoms with E-state index in [1.165, 1.54) is 0 Å². The van der Waals surface area contributed by atoms with E-state index in [-0.39, 0.29) is 18.0 Å². The van der Waals surface area contributed by atoms with Gasteiger partial charge in [-0.2, -0.15) is 5.10 Å². The summed E-state index contributed by atoms with van der Waals surface area (Å²) >= 11 is 0. The Balaban J connectivity index is 2.02. The van der Waals surface area contributed by atoms with E-state index in [1.807, 2.05) is 39.8 Å². The van der Waals surface area contributed by atoms with Crippen LogP contribution in [0.3, 0.4) is 0 Å². The summed E-state index contributed by atoms with van der Waals surface area (Å²) in [7, 11) is 0. The number of hydrogen-bond acceptors (Lipinski definition) is 4. The predicted molar refractivity (Wildman–Crippen MR) is 85.5 cm³/mol. The van der Waals surface area contributed by atoms with Gasteiger partial charge < -0.3 is 9.73 Å². The lowest BCUT2D eigenvalue weighted by atomic mass is 10.2. The Kier molecular flexibility index (Phi) is 5.38. The number of carbonyl (C=O) groups excluding carboxylic acids is 1. The average Bonchev–Trinajstić information content (AvgIpc) is 3.15. The summed E-state index contributed by atoms with van der Waals surface area (Å²) in [6.07, 6.45) is 5.06. The first-order chi connectivity index (χ1) is 10.5. The van der Waals surface area contributed by atoms with Crippen LogP contribution < -0.4 is 5.32 Å². The van der Waals surface area contributed by atoms with Crippen molar-refractivity contribution in [2.24, 2.45) is 0 Å². The van der Waals surface area contributed by atoms with Gasteiger partial charge in [-0.05, 0) is 33.4 Å². The van der Waals surface area contributed by atoms with Gasteiger partial charge in [0.15, 0.2) is 0 Å². The Hall–Kier alpha value is -2.08. The van der Waals surface area contributed by atoms with Gasteiger partial charge in [-0.15, -0.1) is 0 Å². The lowest BCUT2D eigenvalue weighted by molar-refractivity contribution is -0.120. The summed E-state index contributed by atoms with van der Waals surface area (Å²) in [6.45, 7) is 9.48. The van der Waals surface area contributed by atoms with E-state index in [4.69, 9.17) is 4.42 Å². The SMILES string of the molecule is CCN(Cc1ccoc1)[C@@H](C)C(=O)Nc1ccnn1C(C)C. The van der Waals surface area contributed by atoms with Crippen LogP contribution in [-0.2, 0) is 11.3 Å². The molecule has 6 nitrogen and oxygen atoms in total. The Morgan fingerprint density at radius 2 is 2.18 bits per heavy atom. The fourth-order valence-electron chi connectivity index (χ4n) is 2.36. The molecule has 2 rings (SSSR count). The lowest BCUT2D eigenvalue weighted by Gasteiger charge is -2.26. The molecule has 0 aromatic carbocycles.